The first-order chi connectivity index (χ1) is 6.51. The molecule has 0 aromatic carbocycles. The predicted molar refractivity (Wildman–Crippen MR) is 47.3 cm³/mol. The number of likely N-dealkylation sites (N-methyl/N-ethyl adjacent to an activating group) is 1. The van der Waals surface area contributed by atoms with E-state index in [1.165, 1.54) is 0 Å². The van der Waals surface area contributed by atoms with Gasteiger partial charge in [-0.05, 0) is 7.05 Å². The quantitative estimate of drug-likeness (QED) is 0.841. The lowest BCUT2D eigenvalue weighted by Crippen LogP contribution is -2.11. The number of hydrogen-bond donors (Lipinski definition) is 1. The molecule has 1 heterocycles. The van der Waals surface area contributed by atoms with E-state index in [4.69, 9.17) is 0 Å². The molecule has 14 heavy (non-hydrogen) atoms. The summed E-state index contributed by atoms with van der Waals surface area (Å²) in [5.74, 6) is 0. The van der Waals surface area contributed by atoms with Crippen LogP contribution >= 0.6 is 11.3 Å². The number of alkyl halides is 3. The van der Waals surface area contributed by atoms with Gasteiger partial charge in [0.05, 0.1) is 6.42 Å². The Morgan fingerprint density at radius 3 is 2.50 bits per heavy atom. The highest BCUT2D eigenvalue weighted by Gasteiger charge is 2.29. The van der Waals surface area contributed by atoms with Crippen LogP contribution in [0.15, 0.2) is 0 Å². The predicted octanol–water partition coefficient (Wildman–Crippen LogP) is 1.40. The number of nitrogens with zero attached hydrogens (tertiary/aromatic N) is 2. The van der Waals surface area contributed by atoms with Crippen LogP contribution in [-0.4, -0.2) is 30.0 Å². The first kappa shape index (κ1) is 11.4. The van der Waals surface area contributed by atoms with Crippen LogP contribution in [0, 0.1) is 0 Å². The van der Waals surface area contributed by atoms with Gasteiger partial charge >= 0.3 is 6.18 Å². The van der Waals surface area contributed by atoms with Crippen molar-refractivity contribution in [2.24, 2.45) is 0 Å². The lowest BCUT2D eigenvalue weighted by Gasteiger charge is -2.00. The van der Waals surface area contributed by atoms with Gasteiger partial charge in [0, 0.05) is 13.0 Å². The van der Waals surface area contributed by atoms with Crippen LogP contribution in [0.4, 0.5) is 13.2 Å². The van der Waals surface area contributed by atoms with Crippen LogP contribution in [-0.2, 0) is 12.8 Å². The summed E-state index contributed by atoms with van der Waals surface area (Å²) in [5, 5.41) is 10.7. The van der Waals surface area contributed by atoms with Crippen LogP contribution in [0.3, 0.4) is 0 Å². The standard InChI is InChI=1S/C7H10F3N3S/c1-11-3-2-5-12-13-6(14-5)4-7(8,9)10/h11H,2-4H2,1H3. The third-order valence-corrected chi connectivity index (χ3v) is 2.43. The average Bonchev–Trinajstić information content (AvgIpc) is 2.46. The molecule has 0 aliphatic rings. The molecule has 80 valence electrons. The average molecular weight is 225 g/mol. The van der Waals surface area contributed by atoms with Gasteiger partial charge < -0.3 is 5.32 Å². The molecule has 0 saturated heterocycles. The Morgan fingerprint density at radius 1 is 1.29 bits per heavy atom. The molecule has 1 rings (SSSR count). The van der Waals surface area contributed by atoms with E-state index in [0.717, 1.165) is 11.3 Å². The van der Waals surface area contributed by atoms with Crippen LogP contribution in [0.1, 0.15) is 10.0 Å². The van der Waals surface area contributed by atoms with E-state index in [0.29, 0.717) is 18.0 Å². The van der Waals surface area contributed by atoms with Crippen molar-refractivity contribution in [3.63, 3.8) is 0 Å². The summed E-state index contributed by atoms with van der Waals surface area (Å²) in [5.41, 5.74) is 0. The SMILES string of the molecule is CNCCc1nnc(CC(F)(F)F)s1. The minimum atomic E-state index is -4.19. The fraction of sp³-hybridized carbons (Fsp3) is 0.714. The monoisotopic (exact) mass is 225 g/mol. The molecule has 0 amide bonds. The number of rotatable bonds is 4. The van der Waals surface area contributed by atoms with E-state index < -0.39 is 12.6 Å². The van der Waals surface area contributed by atoms with Gasteiger partial charge in [0.25, 0.3) is 0 Å². The zero-order valence-corrected chi connectivity index (χ0v) is 8.37. The molecule has 0 unspecified atom stereocenters. The summed E-state index contributed by atoms with van der Waals surface area (Å²) < 4.78 is 35.8. The molecule has 0 fully saturated rings. The van der Waals surface area contributed by atoms with E-state index in [1.54, 1.807) is 7.05 Å². The molecule has 0 bridgehead atoms. The van der Waals surface area contributed by atoms with Gasteiger partial charge in [0.1, 0.15) is 10.0 Å². The van der Waals surface area contributed by atoms with Crippen molar-refractivity contribution >= 4 is 11.3 Å². The Bertz CT molecular complexity index is 284. The molecule has 0 radical (unpaired) electrons. The Morgan fingerprint density at radius 2 is 1.93 bits per heavy atom. The van der Waals surface area contributed by atoms with Gasteiger partial charge in [0.2, 0.25) is 0 Å². The van der Waals surface area contributed by atoms with Crippen molar-refractivity contribution in [2.45, 2.75) is 19.0 Å². The topological polar surface area (TPSA) is 37.8 Å². The molecule has 3 nitrogen and oxygen atoms in total. The zero-order chi connectivity index (χ0) is 10.6. The summed E-state index contributed by atoms with van der Waals surface area (Å²) in [4.78, 5) is 0. The van der Waals surface area contributed by atoms with Gasteiger partial charge in [-0.2, -0.15) is 13.2 Å². The van der Waals surface area contributed by atoms with Crippen molar-refractivity contribution in [3.8, 4) is 0 Å². The molecule has 0 aliphatic carbocycles. The van der Waals surface area contributed by atoms with Crippen LogP contribution in [0.2, 0.25) is 0 Å². The normalized spacial score (nSPS) is 12.0. The van der Waals surface area contributed by atoms with Crippen LogP contribution in [0.25, 0.3) is 0 Å². The van der Waals surface area contributed by atoms with Gasteiger partial charge in [-0.15, -0.1) is 21.5 Å². The van der Waals surface area contributed by atoms with Crippen molar-refractivity contribution in [1.29, 1.82) is 0 Å². The molecule has 0 aliphatic heterocycles. The molecule has 1 N–H and O–H groups in total. The molecule has 0 spiro atoms. The zero-order valence-electron chi connectivity index (χ0n) is 7.56. The Hall–Kier alpha value is -0.690. The second-order valence-electron chi connectivity index (χ2n) is 2.74. The minimum absolute atomic E-state index is 0.0311. The summed E-state index contributed by atoms with van der Waals surface area (Å²) in [6, 6.07) is 0. The van der Waals surface area contributed by atoms with E-state index in [2.05, 4.69) is 15.5 Å². The summed E-state index contributed by atoms with van der Waals surface area (Å²) >= 11 is 1.02. The van der Waals surface area contributed by atoms with E-state index in [9.17, 15) is 13.2 Å². The maximum atomic E-state index is 11.9. The number of halogens is 3. The molecule has 1 aromatic heterocycles. The highest BCUT2D eigenvalue weighted by molar-refractivity contribution is 7.11. The molecule has 1 aromatic rings. The van der Waals surface area contributed by atoms with Gasteiger partial charge in [0.15, 0.2) is 0 Å². The first-order valence-corrected chi connectivity index (χ1v) is 4.85. The number of nitrogens with one attached hydrogen (secondary N) is 1. The second kappa shape index (κ2) is 4.70. The largest absolute Gasteiger partial charge is 0.395 e. The molecule has 0 atom stereocenters. The van der Waals surface area contributed by atoms with Crippen molar-refractivity contribution in [3.05, 3.63) is 10.0 Å². The Kier molecular flexibility index (Phi) is 3.82. The lowest BCUT2D eigenvalue weighted by atomic mass is 10.4. The fourth-order valence-corrected chi connectivity index (χ4v) is 1.74. The highest BCUT2D eigenvalue weighted by atomic mass is 32.1. The van der Waals surface area contributed by atoms with E-state index >= 15 is 0 Å². The second-order valence-corrected chi connectivity index (χ2v) is 3.88. The molecule has 7 heteroatoms. The first-order valence-electron chi connectivity index (χ1n) is 4.04. The molecular weight excluding hydrogens is 215 g/mol. The van der Waals surface area contributed by atoms with E-state index in [-0.39, 0.29) is 5.01 Å². The molecule has 0 saturated carbocycles. The van der Waals surface area contributed by atoms with Crippen molar-refractivity contribution in [1.82, 2.24) is 15.5 Å². The minimum Gasteiger partial charge on any atom is -0.319 e. The third-order valence-electron chi connectivity index (χ3n) is 1.45. The Balaban J connectivity index is 2.51. The van der Waals surface area contributed by atoms with Crippen molar-refractivity contribution < 1.29 is 13.2 Å². The van der Waals surface area contributed by atoms with Crippen LogP contribution in [0.5, 0.6) is 0 Å². The number of hydrogen-bond acceptors (Lipinski definition) is 4. The third kappa shape index (κ3) is 4.01. The summed E-state index contributed by atoms with van der Waals surface area (Å²) in [6.45, 7) is 0.695. The van der Waals surface area contributed by atoms with Gasteiger partial charge in [-0.1, -0.05) is 0 Å². The Labute approximate surface area is 83.4 Å². The smallest absolute Gasteiger partial charge is 0.319 e. The summed E-state index contributed by atoms with van der Waals surface area (Å²) in [7, 11) is 1.78. The van der Waals surface area contributed by atoms with Crippen molar-refractivity contribution in [2.75, 3.05) is 13.6 Å². The van der Waals surface area contributed by atoms with Crippen LogP contribution < -0.4 is 5.32 Å². The maximum absolute atomic E-state index is 11.9. The maximum Gasteiger partial charge on any atom is 0.395 e. The lowest BCUT2D eigenvalue weighted by molar-refractivity contribution is -0.127. The fourth-order valence-electron chi connectivity index (χ4n) is 0.864. The number of aromatic nitrogens is 2. The van der Waals surface area contributed by atoms with E-state index in [1.807, 2.05) is 0 Å². The molecular formula is C7H10F3N3S. The highest BCUT2D eigenvalue weighted by Crippen LogP contribution is 2.23. The van der Waals surface area contributed by atoms with Gasteiger partial charge in [-0.3, -0.25) is 0 Å². The van der Waals surface area contributed by atoms with Gasteiger partial charge in [-0.25, -0.2) is 0 Å². The summed E-state index contributed by atoms with van der Waals surface area (Å²) in [6.07, 6.45) is -4.56.